The van der Waals surface area contributed by atoms with Crippen LogP contribution in [0, 0.1) is 5.82 Å². The van der Waals surface area contributed by atoms with Gasteiger partial charge >= 0.3 is 0 Å². The van der Waals surface area contributed by atoms with E-state index < -0.39 is 0 Å². The van der Waals surface area contributed by atoms with Crippen LogP contribution in [0.3, 0.4) is 0 Å². The molecule has 0 unspecified atom stereocenters. The van der Waals surface area contributed by atoms with Crippen LogP contribution in [0.2, 0.25) is 5.02 Å². The van der Waals surface area contributed by atoms with E-state index in [2.05, 4.69) is 31.9 Å². The number of rotatable bonds is 3. The predicted molar refractivity (Wildman–Crippen MR) is 78.3 cm³/mol. The topological polar surface area (TPSA) is 9.23 Å². The van der Waals surface area contributed by atoms with E-state index in [4.69, 9.17) is 16.3 Å². The lowest BCUT2D eigenvalue weighted by atomic mass is 10.2. The molecule has 0 spiro atoms. The molecule has 0 fully saturated rings. The quantitative estimate of drug-likeness (QED) is 0.587. The normalized spacial score (nSPS) is 10.4. The van der Waals surface area contributed by atoms with Crippen LogP contribution in [-0.2, 0) is 5.33 Å². The van der Waals surface area contributed by atoms with Gasteiger partial charge in [0.2, 0.25) is 0 Å². The lowest BCUT2D eigenvalue weighted by Crippen LogP contribution is -1.88. The van der Waals surface area contributed by atoms with Crippen molar-refractivity contribution in [3.8, 4) is 11.5 Å². The number of hydrogen-bond donors (Lipinski definition) is 0. The van der Waals surface area contributed by atoms with E-state index in [9.17, 15) is 4.39 Å². The van der Waals surface area contributed by atoms with E-state index >= 15 is 0 Å². The molecule has 0 N–H and O–H groups in total. The lowest BCUT2D eigenvalue weighted by Gasteiger charge is -2.09. The predicted octanol–water partition coefficient (Wildman–Crippen LogP) is 5.93. The van der Waals surface area contributed by atoms with Gasteiger partial charge in [-0.15, -0.1) is 0 Å². The maximum Gasteiger partial charge on any atom is 0.146 e. The molecule has 0 aliphatic carbocycles. The Morgan fingerprint density at radius 1 is 1.17 bits per heavy atom. The van der Waals surface area contributed by atoms with Gasteiger partial charge in [-0.05, 0) is 29.8 Å². The number of halogens is 4. The highest BCUT2D eigenvalue weighted by Crippen LogP contribution is 2.32. The first-order valence-corrected chi connectivity index (χ1v) is 7.36. The average Bonchev–Trinajstić information content (AvgIpc) is 2.30. The molecule has 1 nitrogen and oxygen atoms in total. The monoisotopic (exact) mass is 392 g/mol. The number of hydrogen-bond acceptors (Lipinski definition) is 1. The minimum Gasteiger partial charge on any atom is -0.456 e. The Morgan fingerprint density at radius 3 is 2.56 bits per heavy atom. The molecule has 0 saturated heterocycles. The molecule has 18 heavy (non-hydrogen) atoms. The van der Waals surface area contributed by atoms with Crippen molar-refractivity contribution in [3.05, 3.63) is 57.3 Å². The third-order valence-electron chi connectivity index (χ3n) is 2.21. The fraction of sp³-hybridized carbons (Fsp3) is 0.0769. The van der Waals surface area contributed by atoms with Crippen molar-refractivity contribution in [1.82, 2.24) is 0 Å². The SMILES string of the molecule is Fc1cc(Br)cc(Oc2ccc(CBr)cc2Cl)c1. The van der Waals surface area contributed by atoms with E-state index in [1.165, 1.54) is 12.1 Å². The summed E-state index contributed by atoms with van der Waals surface area (Å²) in [6, 6.07) is 9.81. The molecular formula is C13H8Br2ClFO. The molecule has 0 bridgehead atoms. The minimum absolute atomic E-state index is 0.368. The van der Waals surface area contributed by atoms with Crippen LogP contribution in [0.1, 0.15) is 5.56 Å². The smallest absolute Gasteiger partial charge is 0.146 e. The van der Waals surface area contributed by atoms with Gasteiger partial charge in [0, 0.05) is 15.9 Å². The maximum atomic E-state index is 13.2. The van der Waals surface area contributed by atoms with Gasteiger partial charge in [-0.3, -0.25) is 0 Å². The summed E-state index contributed by atoms with van der Waals surface area (Å²) in [7, 11) is 0. The summed E-state index contributed by atoms with van der Waals surface area (Å²) < 4.78 is 19.4. The maximum absolute atomic E-state index is 13.2. The van der Waals surface area contributed by atoms with E-state index in [0.717, 1.165) is 10.9 Å². The molecular weight excluding hydrogens is 386 g/mol. The van der Waals surface area contributed by atoms with Gasteiger partial charge in [-0.1, -0.05) is 49.5 Å². The molecule has 0 saturated carbocycles. The van der Waals surface area contributed by atoms with Gasteiger partial charge < -0.3 is 4.74 Å². The van der Waals surface area contributed by atoms with Crippen molar-refractivity contribution >= 4 is 43.5 Å². The van der Waals surface area contributed by atoms with E-state index in [-0.39, 0.29) is 5.82 Å². The molecule has 0 heterocycles. The molecule has 0 atom stereocenters. The summed E-state index contributed by atoms with van der Waals surface area (Å²) >= 11 is 12.6. The third-order valence-corrected chi connectivity index (χ3v) is 3.62. The van der Waals surface area contributed by atoms with Crippen LogP contribution in [0.4, 0.5) is 4.39 Å². The van der Waals surface area contributed by atoms with Gasteiger partial charge in [0.15, 0.2) is 0 Å². The van der Waals surface area contributed by atoms with Crippen molar-refractivity contribution in [3.63, 3.8) is 0 Å². The summed E-state index contributed by atoms with van der Waals surface area (Å²) in [6.07, 6.45) is 0. The highest BCUT2D eigenvalue weighted by molar-refractivity contribution is 9.10. The Bertz CT molecular complexity index is 555. The van der Waals surface area contributed by atoms with Crippen LogP contribution >= 0.6 is 43.5 Å². The van der Waals surface area contributed by atoms with Crippen molar-refractivity contribution < 1.29 is 9.13 Å². The fourth-order valence-corrected chi connectivity index (χ4v) is 2.46. The van der Waals surface area contributed by atoms with Crippen molar-refractivity contribution in [2.75, 3.05) is 0 Å². The highest BCUT2D eigenvalue weighted by atomic mass is 79.9. The molecule has 5 heteroatoms. The van der Waals surface area contributed by atoms with Crippen molar-refractivity contribution in [2.24, 2.45) is 0 Å². The summed E-state index contributed by atoms with van der Waals surface area (Å²) in [5, 5.41) is 1.21. The van der Waals surface area contributed by atoms with Crippen LogP contribution in [0.15, 0.2) is 40.9 Å². The first-order chi connectivity index (χ1) is 8.58. The lowest BCUT2D eigenvalue weighted by molar-refractivity contribution is 0.476. The van der Waals surface area contributed by atoms with Gasteiger partial charge in [0.1, 0.15) is 17.3 Å². The Morgan fingerprint density at radius 2 is 1.94 bits per heavy atom. The van der Waals surface area contributed by atoms with Crippen molar-refractivity contribution in [1.29, 1.82) is 0 Å². The molecule has 2 aromatic rings. The number of ether oxygens (including phenoxy) is 1. The van der Waals surface area contributed by atoms with Gasteiger partial charge in [-0.25, -0.2) is 4.39 Å². The fourth-order valence-electron chi connectivity index (χ4n) is 1.42. The Hall–Kier alpha value is -0.580. The zero-order chi connectivity index (χ0) is 13.1. The third kappa shape index (κ3) is 3.46. The zero-order valence-corrected chi connectivity index (χ0v) is 13.0. The first kappa shape index (κ1) is 13.8. The molecule has 0 amide bonds. The van der Waals surface area contributed by atoms with E-state index in [1.54, 1.807) is 18.2 Å². The Kier molecular flexibility index (Phi) is 4.65. The molecule has 2 aromatic carbocycles. The Balaban J connectivity index is 2.28. The Labute approximate surface area is 126 Å². The number of alkyl halides is 1. The van der Waals surface area contributed by atoms with Crippen LogP contribution in [-0.4, -0.2) is 0 Å². The first-order valence-electron chi connectivity index (χ1n) is 5.07. The minimum atomic E-state index is -0.368. The highest BCUT2D eigenvalue weighted by Gasteiger charge is 2.06. The van der Waals surface area contributed by atoms with Gasteiger partial charge in [-0.2, -0.15) is 0 Å². The molecule has 2 rings (SSSR count). The van der Waals surface area contributed by atoms with Crippen LogP contribution in [0.25, 0.3) is 0 Å². The number of benzene rings is 2. The van der Waals surface area contributed by atoms with Crippen LogP contribution in [0.5, 0.6) is 11.5 Å². The summed E-state index contributed by atoms with van der Waals surface area (Å²) in [5.41, 5.74) is 1.05. The second-order valence-electron chi connectivity index (χ2n) is 3.61. The van der Waals surface area contributed by atoms with E-state index in [0.29, 0.717) is 21.0 Å². The van der Waals surface area contributed by atoms with Crippen LogP contribution < -0.4 is 4.74 Å². The standard InChI is InChI=1S/C13H8Br2ClFO/c14-7-8-1-2-13(12(16)3-8)18-11-5-9(15)4-10(17)6-11/h1-6H,7H2. The van der Waals surface area contributed by atoms with Crippen molar-refractivity contribution in [2.45, 2.75) is 5.33 Å². The molecule has 94 valence electrons. The summed E-state index contributed by atoms with van der Waals surface area (Å²) in [4.78, 5) is 0. The van der Waals surface area contributed by atoms with Gasteiger partial charge in [0.05, 0.1) is 5.02 Å². The van der Waals surface area contributed by atoms with E-state index in [1.807, 2.05) is 6.07 Å². The zero-order valence-electron chi connectivity index (χ0n) is 9.09. The average molecular weight is 394 g/mol. The molecule has 0 aromatic heterocycles. The molecule has 0 aliphatic rings. The second-order valence-corrected chi connectivity index (χ2v) is 5.49. The second kappa shape index (κ2) is 6.04. The molecule has 0 aliphatic heterocycles. The molecule has 0 radical (unpaired) electrons. The largest absolute Gasteiger partial charge is 0.456 e. The summed E-state index contributed by atoms with van der Waals surface area (Å²) in [5.74, 6) is 0.529. The van der Waals surface area contributed by atoms with Gasteiger partial charge in [0.25, 0.3) is 0 Å². The summed E-state index contributed by atoms with van der Waals surface area (Å²) in [6.45, 7) is 0.